The highest BCUT2D eigenvalue weighted by molar-refractivity contribution is 5.72. The standard InChI is InChI=1S/C16H15N3O2/c17-9-11-1-3-12(4-2-11)10-19-14-8-16-15(7-13(14)18)20-5-6-21-16/h1-4,7-8,19H,5-6,10,18H2. The molecule has 0 saturated heterocycles. The molecule has 3 rings (SSSR count). The van der Waals surface area contributed by atoms with Crippen LogP contribution in [0.2, 0.25) is 0 Å². The van der Waals surface area contributed by atoms with Gasteiger partial charge >= 0.3 is 0 Å². The Kier molecular flexibility index (Phi) is 3.52. The molecule has 2 aromatic rings. The van der Waals surface area contributed by atoms with Crippen molar-refractivity contribution < 1.29 is 9.47 Å². The van der Waals surface area contributed by atoms with Crippen molar-refractivity contribution in [1.29, 1.82) is 5.26 Å². The van der Waals surface area contributed by atoms with Gasteiger partial charge in [-0.3, -0.25) is 0 Å². The van der Waals surface area contributed by atoms with Crippen LogP contribution in [-0.4, -0.2) is 13.2 Å². The quantitative estimate of drug-likeness (QED) is 0.845. The molecule has 5 heteroatoms. The van der Waals surface area contributed by atoms with E-state index in [9.17, 15) is 0 Å². The van der Waals surface area contributed by atoms with Gasteiger partial charge in [0.25, 0.3) is 0 Å². The summed E-state index contributed by atoms with van der Waals surface area (Å²) in [7, 11) is 0. The minimum Gasteiger partial charge on any atom is -0.486 e. The van der Waals surface area contributed by atoms with Crippen LogP contribution in [-0.2, 0) is 6.54 Å². The van der Waals surface area contributed by atoms with Crippen molar-refractivity contribution in [2.24, 2.45) is 0 Å². The first-order valence-corrected chi connectivity index (χ1v) is 6.68. The van der Waals surface area contributed by atoms with Crippen LogP contribution in [0.5, 0.6) is 11.5 Å². The molecule has 0 aliphatic carbocycles. The molecule has 0 spiro atoms. The number of anilines is 2. The Hall–Kier alpha value is -2.87. The molecule has 0 fully saturated rings. The Balaban J connectivity index is 1.74. The molecule has 0 atom stereocenters. The molecule has 1 heterocycles. The van der Waals surface area contributed by atoms with Gasteiger partial charge in [-0.1, -0.05) is 12.1 Å². The maximum Gasteiger partial charge on any atom is 0.163 e. The van der Waals surface area contributed by atoms with E-state index in [1.165, 1.54) is 0 Å². The Morgan fingerprint density at radius 2 is 1.76 bits per heavy atom. The van der Waals surface area contributed by atoms with Crippen molar-refractivity contribution in [2.75, 3.05) is 24.3 Å². The Morgan fingerprint density at radius 3 is 2.43 bits per heavy atom. The van der Waals surface area contributed by atoms with Crippen LogP contribution in [0.4, 0.5) is 11.4 Å². The van der Waals surface area contributed by atoms with Crippen LogP contribution in [0, 0.1) is 11.3 Å². The summed E-state index contributed by atoms with van der Waals surface area (Å²) in [6, 6.07) is 13.2. The minimum atomic E-state index is 0.546. The van der Waals surface area contributed by atoms with Crippen molar-refractivity contribution in [3.8, 4) is 17.6 Å². The van der Waals surface area contributed by atoms with Gasteiger partial charge in [0.05, 0.1) is 23.0 Å². The SMILES string of the molecule is N#Cc1ccc(CNc2cc3c(cc2N)OCCO3)cc1. The first kappa shape index (κ1) is 13.1. The highest BCUT2D eigenvalue weighted by Crippen LogP contribution is 2.37. The van der Waals surface area contributed by atoms with Gasteiger partial charge in [0, 0.05) is 18.7 Å². The van der Waals surface area contributed by atoms with E-state index in [0.29, 0.717) is 42.5 Å². The average Bonchev–Trinajstić information content (AvgIpc) is 2.53. The summed E-state index contributed by atoms with van der Waals surface area (Å²) in [6.07, 6.45) is 0. The second-order valence-electron chi connectivity index (χ2n) is 4.75. The smallest absolute Gasteiger partial charge is 0.163 e. The largest absolute Gasteiger partial charge is 0.486 e. The molecule has 0 saturated carbocycles. The first-order chi connectivity index (χ1) is 10.3. The summed E-state index contributed by atoms with van der Waals surface area (Å²) in [5.74, 6) is 1.39. The number of fused-ring (bicyclic) bond motifs is 1. The lowest BCUT2D eigenvalue weighted by atomic mass is 10.1. The fourth-order valence-corrected chi connectivity index (χ4v) is 2.15. The first-order valence-electron chi connectivity index (χ1n) is 6.68. The lowest BCUT2D eigenvalue weighted by Gasteiger charge is -2.20. The van der Waals surface area contributed by atoms with Gasteiger partial charge < -0.3 is 20.5 Å². The zero-order valence-corrected chi connectivity index (χ0v) is 11.4. The van der Waals surface area contributed by atoms with Crippen LogP contribution < -0.4 is 20.5 Å². The molecule has 0 amide bonds. The summed E-state index contributed by atoms with van der Waals surface area (Å²) in [6.45, 7) is 1.71. The lowest BCUT2D eigenvalue weighted by Crippen LogP contribution is -2.16. The van der Waals surface area contributed by atoms with Crippen LogP contribution in [0.25, 0.3) is 0 Å². The molecule has 0 aromatic heterocycles. The van der Waals surface area contributed by atoms with Gasteiger partial charge in [-0.25, -0.2) is 0 Å². The summed E-state index contributed by atoms with van der Waals surface area (Å²) in [5, 5.41) is 12.1. The highest BCUT2D eigenvalue weighted by atomic mass is 16.6. The summed E-state index contributed by atoms with van der Waals surface area (Å²) in [4.78, 5) is 0. The van der Waals surface area contributed by atoms with E-state index in [2.05, 4.69) is 11.4 Å². The molecule has 2 aromatic carbocycles. The minimum absolute atomic E-state index is 0.546. The van der Waals surface area contributed by atoms with Gasteiger partial charge in [-0.05, 0) is 17.7 Å². The third-order valence-corrected chi connectivity index (χ3v) is 3.28. The Labute approximate surface area is 122 Å². The van der Waals surface area contributed by atoms with E-state index in [0.717, 1.165) is 11.3 Å². The topological polar surface area (TPSA) is 80.3 Å². The second-order valence-corrected chi connectivity index (χ2v) is 4.75. The number of nitrogens with zero attached hydrogens (tertiary/aromatic N) is 1. The fourth-order valence-electron chi connectivity index (χ4n) is 2.15. The lowest BCUT2D eigenvalue weighted by molar-refractivity contribution is 0.172. The third-order valence-electron chi connectivity index (χ3n) is 3.28. The maximum absolute atomic E-state index is 8.78. The van der Waals surface area contributed by atoms with Gasteiger partial charge in [0.15, 0.2) is 11.5 Å². The normalized spacial score (nSPS) is 12.5. The number of rotatable bonds is 3. The number of nitrogens with one attached hydrogen (secondary N) is 1. The van der Waals surface area contributed by atoms with E-state index in [4.69, 9.17) is 20.5 Å². The Bertz CT molecular complexity index is 690. The van der Waals surface area contributed by atoms with Crippen LogP contribution in [0.15, 0.2) is 36.4 Å². The number of hydrogen-bond donors (Lipinski definition) is 2. The average molecular weight is 281 g/mol. The number of nitrogens with two attached hydrogens (primary N) is 1. The molecule has 0 bridgehead atoms. The summed E-state index contributed by atoms with van der Waals surface area (Å²) in [5.41, 5.74) is 9.16. The molecule has 1 aliphatic rings. The van der Waals surface area contributed by atoms with Crippen LogP contribution in [0.1, 0.15) is 11.1 Å². The monoisotopic (exact) mass is 281 g/mol. The third kappa shape index (κ3) is 2.84. The van der Waals surface area contributed by atoms with Crippen molar-refractivity contribution in [3.63, 3.8) is 0 Å². The molecule has 0 radical (unpaired) electrons. The van der Waals surface area contributed by atoms with E-state index >= 15 is 0 Å². The number of nitrogen functional groups attached to an aromatic ring is 1. The summed E-state index contributed by atoms with van der Waals surface area (Å²) >= 11 is 0. The molecule has 3 N–H and O–H groups in total. The molecular weight excluding hydrogens is 266 g/mol. The van der Waals surface area contributed by atoms with Gasteiger partial charge in [-0.15, -0.1) is 0 Å². The number of nitriles is 1. The van der Waals surface area contributed by atoms with Crippen LogP contribution >= 0.6 is 0 Å². The molecule has 5 nitrogen and oxygen atoms in total. The highest BCUT2D eigenvalue weighted by Gasteiger charge is 2.14. The number of benzene rings is 2. The van der Waals surface area contributed by atoms with Gasteiger partial charge in [0.1, 0.15) is 13.2 Å². The summed E-state index contributed by atoms with van der Waals surface area (Å²) < 4.78 is 11.0. The predicted molar refractivity (Wildman–Crippen MR) is 80.3 cm³/mol. The number of ether oxygens (including phenoxy) is 2. The van der Waals surface area contributed by atoms with Crippen LogP contribution in [0.3, 0.4) is 0 Å². The van der Waals surface area contributed by atoms with Crippen molar-refractivity contribution in [3.05, 3.63) is 47.5 Å². The fraction of sp³-hybridized carbons (Fsp3) is 0.188. The van der Waals surface area contributed by atoms with E-state index < -0.39 is 0 Å². The predicted octanol–water partition coefficient (Wildman–Crippen LogP) is 2.52. The Morgan fingerprint density at radius 1 is 1.10 bits per heavy atom. The second kappa shape index (κ2) is 5.63. The zero-order valence-electron chi connectivity index (χ0n) is 11.4. The molecular formula is C16H15N3O2. The van der Waals surface area contributed by atoms with E-state index in [1.54, 1.807) is 18.2 Å². The molecule has 1 aliphatic heterocycles. The zero-order chi connectivity index (χ0) is 14.7. The van der Waals surface area contributed by atoms with Gasteiger partial charge in [0.2, 0.25) is 0 Å². The maximum atomic E-state index is 8.78. The number of hydrogen-bond acceptors (Lipinski definition) is 5. The van der Waals surface area contributed by atoms with Crippen molar-refractivity contribution >= 4 is 11.4 Å². The van der Waals surface area contributed by atoms with Gasteiger partial charge in [-0.2, -0.15) is 5.26 Å². The van der Waals surface area contributed by atoms with Crippen molar-refractivity contribution in [1.82, 2.24) is 0 Å². The molecule has 106 valence electrons. The van der Waals surface area contributed by atoms with E-state index in [1.807, 2.05) is 18.2 Å². The molecule has 21 heavy (non-hydrogen) atoms. The van der Waals surface area contributed by atoms with Crippen molar-refractivity contribution in [2.45, 2.75) is 6.54 Å². The van der Waals surface area contributed by atoms with E-state index in [-0.39, 0.29) is 0 Å². The molecule has 0 unspecified atom stereocenters.